The highest BCUT2D eigenvalue weighted by molar-refractivity contribution is 4.99. The Hall–Kier alpha value is -0.370. The molecule has 1 fully saturated rings. The lowest BCUT2D eigenvalue weighted by molar-refractivity contribution is 0.113. The zero-order chi connectivity index (χ0) is 7.61. The van der Waals surface area contributed by atoms with Crippen molar-refractivity contribution in [3.8, 4) is 0 Å². The van der Waals surface area contributed by atoms with E-state index >= 15 is 0 Å². The second-order valence-corrected chi connectivity index (χ2v) is 3.04. The molecule has 2 heteroatoms. The average molecular weight is 143 g/mol. The molecule has 1 nitrogen and oxygen atoms in total. The highest BCUT2D eigenvalue weighted by Gasteiger charge is 2.29. The first-order valence-electron chi connectivity index (χ1n) is 3.67. The third kappa shape index (κ3) is 1.57. The van der Waals surface area contributed by atoms with Gasteiger partial charge in [-0.3, -0.25) is 0 Å². The summed E-state index contributed by atoms with van der Waals surface area (Å²) in [4.78, 5) is 2.14. The lowest BCUT2D eigenvalue weighted by atomic mass is 9.94. The van der Waals surface area contributed by atoms with Gasteiger partial charge in [0.2, 0.25) is 0 Å². The minimum Gasteiger partial charge on any atom is -0.306 e. The van der Waals surface area contributed by atoms with Crippen molar-refractivity contribution in [2.45, 2.75) is 18.5 Å². The number of piperidine rings is 1. The van der Waals surface area contributed by atoms with E-state index in [1.807, 2.05) is 7.05 Å². The second-order valence-electron chi connectivity index (χ2n) is 3.04. The number of rotatable bonds is 1. The molecule has 0 aliphatic carbocycles. The van der Waals surface area contributed by atoms with E-state index < -0.39 is 5.67 Å². The van der Waals surface area contributed by atoms with Gasteiger partial charge in [0.15, 0.2) is 0 Å². The summed E-state index contributed by atoms with van der Waals surface area (Å²) in [7, 11) is 2.02. The SMILES string of the molecule is C=CC1(F)CCN(C)CC1. The maximum atomic E-state index is 13.3. The monoisotopic (exact) mass is 143 g/mol. The molecule has 0 aromatic carbocycles. The molecular formula is C8H14FN. The largest absolute Gasteiger partial charge is 0.306 e. The van der Waals surface area contributed by atoms with Gasteiger partial charge >= 0.3 is 0 Å². The smallest absolute Gasteiger partial charge is 0.131 e. The van der Waals surface area contributed by atoms with Gasteiger partial charge in [-0.1, -0.05) is 12.7 Å². The highest BCUT2D eigenvalue weighted by Crippen LogP contribution is 2.26. The average Bonchev–Trinajstić information content (AvgIpc) is 1.96. The Labute approximate surface area is 61.5 Å². The molecular weight excluding hydrogens is 129 g/mol. The molecule has 0 radical (unpaired) electrons. The number of halogens is 1. The van der Waals surface area contributed by atoms with Gasteiger partial charge in [-0.25, -0.2) is 4.39 Å². The minimum atomic E-state index is -1.08. The molecule has 0 N–H and O–H groups in total. The Morgan fingerprint density at radius 2 is 2.00 bits per heavy atom. The number of hydrogen-bond donors (Lipinski definition) is 0. The molecule has 0 bridgehead atoms. The maximum Gasteiger partial charge on any atom is 0.131 e. The Morgan fingerprint density at radius 3 is 2.40 bits per heavy atom. The van der Waals surface area contributed by atoms with E-state index in [9.17, 15) is 4.39 Å². The summed E-state index contributed by atoms with van der Waals surface area (Å²) in [6.45, 7) is 5.19. The van der Waals surface area contributed by atoms with Gasteiger partial charge in [-0.05, 0) is 19.9 Å². The standard InChI is InChI=1S/C8H14FN/c1-3-8(9)4-6-10(2)7-5-8/h3H,1,4-7H2,2H3. The Morgan fingerprint density at radius 1 is 1.50 bits per heavy atom. The summed E-state index contributed by atoms with van der Waals surface area (Å²) in [6, 6.07) is 0. The minimum absolute atomic E-state index is 0.604. The summed E-state index contributed by atoms with van der Waals surface area (Å²) < 4.78 is 13.3. The molecule has 0 unspecified atom stereocenters. The van der Waals surface area contributed by atoms with E-state index in [1.165, 1.54) is 6.08 Å². The molecule has 58 valence electrons. The fraction of sp³-hybridized carbons (Fsp3) is 0.750. The summed E-state index contributed by atoms with van der Waals surface area (Å²) >= 11 is 0. The van der Waals surface area contributed by atoms with Gasteiger partial charge in [0.05, 0.1) is 0 Å². The maximum absolute atomic E-state index is 13.3. The topological polar surface area (TPSA) is 3.24 Å². The van der Waals surface area contributed by atoms with Crippen LogP contribution in [0.1, 0.15) is 12.8 Å². The van der Waals surface area contributed by atoms with Gasteiger partial charge in [0.1, 0.15) is 5.67 Å². The molecule has 0 spiro atoms. The zero-order valence-corrected chi connectivity index (χ0v) is 6.44. The van der Waals surface area contributed by atoms with Crippen molar-refractivity contribution in [2.24, 2.45) is 0 Å². The number of alkyl halides is 1. The van der Waals surface area contributed by atoms with Gasteiger partial charge in [0.25, 0.3) is 0 Å². The van der Waals surface area contributed by atoms with Crippen LogP contribution in [0.25, 0.3) is 0 Å². The van der Waals surface area contributed by atoms with Crippen LogP contribution in [0.15, 0.2) is 12.7 Å². The first kappa shape index (κ1) is 7.73. The van der Waals surface area contributed by atoms with Gasteiger partial charge in [0, 0.05) is 13.1 Å². The highest BCUT2D eigenvalue weighted by atomic mass is 19.1. The van der Waals surface area contributed by atoms with Gasteiger partial charge in [-0.15, -0.1) is 0 Å². The Balaban J connectivity index is 2.46. The predicted octanol–water partition coefficient (Wildman–Crippen LogP) is 1.61. The number of likely N-dealkylation sites (tertiary alicyclic amines) is 1. The summed E-state index contributed by atoms with van der Waals surface area (Å²) in [6.07, 6.45) is 2.65. The molecule has 0 atom stereocenters. The van der Waals surface area contributed by atoms with Crippen molar-refractivity contribution in [1.29, 1.82) is 0 Å². The second kappa shape index (κ2) is 2.70. The fourth-order valence-electron chi connectivity index (χ4n) is 1.19. The van der Waals surface area contributed by atoms with Crippen LogP contribution < -0.4 is 0 Å². The van der Waals surface area contributed by atoms with Crippen molar-refractivity contribution in [1.82, 2.24) is 4.90 Å². The molecule has 1 heterocycles. The third-order valence-corrected chi connectivity index (χ3v) is 2.18. The molecule has 0 saturated carbocycles. The first-order valence-corrected chi connectivity index (χ1v) is 3.67. The lowest BCUT2D eigenvalue weighted by Gasteiger charge is -2.31. The molecule has 10 heavy (non-hydrogen) atoms. The van der Waals surface area contributed by atoms with Crippen molar-refractivity contribution in [3.63, 3.8) is 0 Å². The van der Waals surface area contributed by atoms with E-state index in [4.69, 9.17) is 0 Å². The van der Waals surface area contributed by atoms with Crippen LogP contribution in [0.2, 0.25) is 0 Å². The predicted molar refractivity (Wildman–Crippen MR) is 40.8 cm³/mol. The molecule has 1 rings (SSSR count). The van der Waals surface area contributed by atoms with Crippen molar-refractivity contribution in [2.75, 3.05) is 20.1 Å². The van der Waals surface area contributed by atoms with E-state index in [-0.39, 0.29) is 0 Å². The van der Waals surface area contributed by atoms with Crippen molar-refractivity contribution >= 4 is 0 Å². The Kier molecular flexibility index (Phi) is 2.09. The number of hydrogen-bond acceptors (Lipinski definition) is 1. The molecule has 0 amide bonds. The molecule has 1 saturated heterocycles. The fourth-order valence-corrected chi connectivity index (χ4v) is 1.19. The summed E-state index contributed by atoms with van der Waals surface area (Å²) in [5.74, 6) is 0. The number of nitrogens with zero attached hydrogens (tertiary/aromatic N) is 1. The molecule has 0 aromatic heterocycles. The van der Waals surface area contributed by atoms with Crippen LogP contribution in [-0.2, 0) is 0 Å². The van der Waals surface area contributed by atoms with E-state index in [2.05, 4.69) is 11.5 Å². The normalized spacial score (nSPS) is 26.2. The van der Waals surface area contributed by atoms with Crippen molar-refractivity contribution in [3.05, 3.63) is 12.7 Å². The van der Waals surface area contributed by atoms with E-state index in [1.54, 1.807) is 0 Å². The zero-order valence-electron chi connectivity index (χ0n) is 6.44. The number of allylic oxidation sites excluding steroid dienone is 1. The molecule has 0 aromatic rings. The van der Waals surface area contributed by atoms with Crippen LogP contribution in [0, 0.1) is 0 Å². The van der Waals surface area contributed by atoms with Crippen molar-refractivity contribution < 1.29 is 4.39 Å². The lowest BCUT2D eigenvalue weighted by Crippen LogP contribution is -2.38. The van der Waals surface area contributed by atoms with Gasteiger partial charge < -0.3 is 4.90 Å². The summed E-state index contributed by atoms with van der Waals surface area (Å²) in [5.41, 5.74) is -1.08. The van der Waals surface area contributed by atoms with Crippen LogP contribution in [0.4, 0.5) is 4.39 Å². The van der Waals surface area contributed by atoms with E-state index in [0.29, 0.717) is 12.8 Å². The molecule has 1 aliphatic heterocycles. The van der Waals surface area contributed by atoms with Crippen LogP contribution in [0.3, 0.4) is 0 Å². The third-order valence-electron chi connectivity index (χ3n) is 2.18. The quantitative estimate of drug-likeness (QED) is 0.504. The van der Waals surface area contributed by atoms with Crippen LogP contribution in [0.5, 0.6) is 0 Å². The van der Waals surface area contributed by atoms with Crippen LogP contribution >= 0.6 is 0 Å². The van der Waals surface area contributed by atoms with Gasteiger partial charge in [-0.2, -0.15) is 0 Å². The molecule has 1 aliphatic rings. The Bertz CT molecular complexity index is 125. The summed E-state index contributed by atoms with van der Waals surface area (Å²) in [5, 5.41) is 0. The van der Waals surface area contributed by atoms with E-state index in [0.717, 1.165) is 13.1 Å². The first-order chi connectivity index (χ1) is 4.66. The van der Waals surface area contributed by atoms with Crippen LogP contribution in [-0.4, -0.2) is 30.7 Å².